The summed E-state index contributed by atoms with van der Waals surface area (Å²) in [5.74, 6) is 0.876. The standard InChI is InChI=1S/C10H13BrN2/c1-7-10(13-5-4-12-7)6-9(11)8-2-3-8/h4-5,8-9H,2-3,6H2,1H3. The molecule has 1 aliphatic carbocycles. The molecule has 0 aliphatic heterocycles. The summed E-state index contributed by atoms with van der Waals surface area (Å²) < 4.78 is 0. The van der Waals surface area contributed by atoms with Crippen molar-refractivity contribution in [2.45, 2.75) is 31.0 Å². The molecular weight excluding hydrogens is 228 g/mol. The van der Waals surface area contributed by atoms with Gasteiger partial charge >= 0.3 is 0 Å². The molecule has 1 unspecified atom stereocenters. The number of halogens is 1. The Morgan fingerprint density at radius 3 is 2.77 bits per heavy atom. The van der Waals surface area contributed by atoms with Crippen LogP contribution in [-0.4, -0.2) is 14.8 Å². The summed E-state index contributed by atoms with van der Waals surface area (Å²) in [5.41, 5.74) is 2.20. The Balaban J connectivity index is 2.03. The van der Waals surface area contributed by atoms with E-state index in [2.05, 4.69) is 25.9 Å². The Bertz CT molecular complexity index is 297. The van der Waals surface area contributed by atoms with Crippen LogP contribution in [0.1, 0.15) is 24.2 Å². The molecule has 1 saturated carbocycles. The molecule has 70 valence electrons. The minimum absolute atomic E-state index is 0.600. The molecule has 1 fully saturated rings. The maximum absolute atomic E-state index is 4.34. The largest absolute Gasteiger partial charge is 0.258 e. The van der Waals surface area contributed by atoms with Crippen LogP contribution in [0, 0.1) is 12.8 Å². The maximum atomic E-state index is 4.34. The van der Waals surface area contributed by atoms with E-state index in [-0.39, 0.29) is 0 Å². The molecule has 1 aromatic heterocycles. The lowest BCUT2D eigenvalue weighted by Gasteiger charge is -2.08. The first kappa shape index (κ1) is 9.13. The molecule has 0 saturated heterocycles. The fraction of sp³-hybridized carbons (Fsp3) is 0.600. The van der Waals surface area contributed by atoms with Crippen LogP contribution in [0.3, 0.4) is 0 Å². The summed E-state index contributed by atoms with van der Waals surface area (Å²) in [6, 6.07) is 0. The van der Waals surface area contributed by atoms with E-state index in [0.717, 1.165) is 23.7 Å². The number of hydrogen-bond acceptors (Lipinski definition) is 2. The van der Waals surface area contributed by atoms with Crippen LogP contribution in [-0.2, 0) is 6.42 Å². The smallest absolute Gasteiger partial charge is 0.0627 e. The summed E-state index contributed by atoms with van der Waals surface area (Å²) >= 11 is 3.71. The minimum Gasteiger partial charge on any atom is -0.258 e. The third-order valence-electron chi connectivity index (χ3n) is 2.50. The van der Waals surface area contributed by atoms with Crippen molar-refractivity contribution in [1.82, 2.24) is 9.97 Å². The van der Waals surface area contributed by atoms with Crippen molar-refractivity contribution in [2.75, 3.05) is 0 Å². The Morgan fingerprint density at radius 2 is 2.15 bits per heavy atom. The van der Waals surface area contributed by atoms with Gasteiger partial charge in [0.1, 0.15) is 0 Å². The van der Waals surface area contributed by atoms with E-state index in [0.29, 0.717) is 4.83 Å². The molecule has 0 aromatic carbocycles. The van der Waals surface area contributed by atoms with E-state index < -0.39 is 0 Å². The Kier molecular flexibility index (Phi) is 2.63. The highest BCUT2D eigenvalue weighted by molar-refractivity contribution is 9.09. The van der Waals surface area contributed by atoms with Gasteiger partial charge in [-0.15, -0.1) is 0 Å². The van der Waals surface area contributed by atoms with Gasteiger partial charge in [0.05, 0.1) is 11.4 Å². The number of hydrogen-bond donors (Lipinski definition) is 0. The van der Waals surface area contributed by atoms with Gasteiger partial charge in [-0.25, -0.2) is 0 Å². The van der Waals surface area contributed by atoms with Crippen LogP contribution in [0.15, 0.2) is 12.4 Å². The van der Waals surface area contributed by atoms with E-state index in [1.807, 2.05) is 6.92 Å². The van der Waals surface area contributed by atoms with Gasteiger partial charge in [0.25, 0.3) is 0 Å². The predicted molar refractivity (Wildman–Crippen MR) is 55.9 cm³/mol. The molecule has 1 atom stereocenters. The zero-order chi connectivity index (χ0) is 9.26. The van der Waals surface area contributed by atoms with Crippen LogP contribution in [0.5, 0.6) is 0 Å². The highest BCUT2D eigenvalue weighted by Gasteiger charge is 2.29. The van der Waals surface area contributed by atoms with Gasteiger partial charge in [0.2, 0.25) is 0 Å². The van der Waals surface area contributed by atoms with Crippen molar-refractivity contribution in [2.24, 2.45) is 5.92 Å². The monoisotopic (exact) mass is 240 g/mol. The zero-order valence-electron chi connectivity index (χ0n) is 7.70. The molecule has 2 nitrogen and oxygen atoms in total. The van der Waals surface area contributed by atoms with Crippen molar-refractivity contribution in [3.8, 4) is 0 Å². The number of rotatable bonds is 3. The lowest BCUT2D eigenvalue weighted by atomic mass is 10.1. The topological polar surface area (TPSA) is 25.8 Å². The first-order valence-electron chi connectivity index (χ1n) is 4.68. The van der Waals surface area contributed by atoms with Crippen molar-refractivity contribution in [3.63, 3.8) is 0 Å². The number of alkyl halides is 1. The highest BCUT2D eigenvalue weighted by Crippen LogP contribution is 2.38. The molecule has 1 heterocycles. The second-order valence-corrected chi connectivity index (χ2v) is 4.82. The average Bonchev–Trinajstić information content (AvgIpc) is 2.91. The van der Waals surface area contributed by atoms with Gasteiger partial charge < -0.3 is 0 Å². The van der Waals surface area contributed by atoms with Gasteiger partial charge in [-0.3, -0.25) is 9.97 Å². The third-order valence-corrected chi connectivity index (χ3v) is 3.58. The minimum atomic E-state index is 0.600. The van der Waals surface area contributed by atoms with E-state index >= 15 is 0 Å². The maximum Gasteiger partial charge on any atom is 0.0627 e. The van der Waals surface area contributed by atoms with Crippen molar-refractivity contribution < 1.29 is 0 Å². The number of aryl methyl sites for hydroxylation is 1. The van der Waals surface area contributed by atoms with Crippen LogP contribution in [0.4, 0.5) is 0 Å². The van der Waals surface area contributed by atoms with Crippen molar-refractivity contribution in [1.29, 1.82) is 0 Å². The lowest BCUT2D eigenvalue weighted by molar-refractivity contribution is 0.737. The molecule has 13 heavy (non-hydrogen) atoms. The summed E-state index contributed by atoms with van der Waals surface area (Å²) in [5, 5.41) is 0. The van der Waals surface area contributed by atoms with Crippen LogP contribution in [0.25, 0.3) is 0 Å². The molecule has 0 amide bonds. The van der Waals surface area contributed by atoms with E-state index in [9.17, 15) is 0 Å². The summed E-state index contributed by atoms with van der Waals surface area (Å²) in [7, 11) is 0. The lowest BCUT2D eigenvalue weighted by Crippen LogP contribution is -2.08. The van der Waals surface area contributed by atoms with Gasteiger partial charge in [0, 0.05) is 23.6 Å². The normalized spacial score (nSPS) is 18.6. The quantitative estimate of drug-likeness (QED) is 0.760. The molecular formula is C10H13BrN2. The molecule has 0 bridgehead atoms. The molecule has 1 aliphatic rings. The first-order chi connectivity index (χ1) is 6.27. The zero-order valence-corrected chi connectivity index (χ0v) is 9.29. The summed E-state index contributed by atoms with van der Waals surface area (Å²) in [6.45, 7) is 2.02. The van der Waals surface area contributed by atoms with Gasteiger partial charge in [-0.2, -0.15) is 0 Å². The van der Waals surface area contributed by atoms with E-state index in [1.165, 1.54) is 12.8 Å². The van der Waals surface area contributed by atoms with Crippen LogP contribution in [0.2, 0.25) is 0 Å². The summed E-state index contributed by atoms with van der Waals surface area (Å²) in [6.07, 6.45) is 7.28. The van der Waals surface area contributed by atoms with Crippen LogP contribution < -0.4 is 0 Å². The fourth-order valence-electron chi connectivity index (χ4n) is 1.45. The van der Waals surface area contributed by atoms with Gasteiger partial charge in [-0.05, 0) is 25.7 Å². The molecule has 3 heteroatoms. The number of nitrogens with zero attached hydrogens (tertiary/aromatic N) is 2. The Morgan fingerprint density at radius 1 is 1.46 bits per heavy atom. The Hall–Kier alpha value is -0.440. The van der Waals surface area contributed by atoms with Gasteiger partial charge in [0.15, 0.2) is 0 Å². The van der Waals surface area contributed by atoms with Crippen LogP contribution >= 0.6 is 15.9 Å². The molecule has 0 radical (unpaired) electrons. The molecule has 1 aromatic rings. The molecule has 2 rings (SSSR count). The second kappa shape index (κ2) is 3.74. The van der Waals surface area contributed by atoms with Crippen molar-refractivity contribution >= 4 is 15.9 Å². The highest BCUT2D eigenvalue weighted by atomic mass is 79.9. The number of aromatic nitrogens is 2. The first-order valence-corrected chi connectivity index (χ1v) is 5.59. The van der Waals surface area contributed by atoms with Crippen molar-refractivity contribution in [3.05, 3.63) is 23.8 Å². The summed E-state index contributed by atoms with van der Waals surface area (Å²) in [4.78, 5) is 9.16. The predicted octanol–water partition coefficient (Wildman–Crippen LogP) is 2.50. The average molecular weight is 241 g/mol. The van der Waals surface area contributed by atoms with E-state index in [4.69, 9.17) is 0 Å². The van der Waals surface area contributed by atoms with Gasteiger partial charge in [-0.1, -0.05) is 15.9 Å². The third kappa shape index (κ3) is 2.27. The molecule has 0 spiro atoms. The SMILES string of the molecule is Cc1nccnc1CC(Br)C1CC1. The molecule has 0 N–H and O–H groups in total. The Labute approximate surface area is 86.9 Å². The second-order valence-electron chi connectivity index (χ2n) is 3.65. The van der Waals surface area contributed by atoms with E-state index in [1.54, 1.807) is 12.4 Å². The fourth-order valence-corrected chi connectivity index (χ4v) is 2.28.